The SMILES string of the molecule is CCCCC(=O)N1CCN(C(=O)c2nc(-c3ccccc3)nc(CCC)c2C(=O)OCC)CC1C. The molecule has 0 N–H and O–H groups in total. The van der Waals surface area contributed by atoms with Crippen LogP contribution >= 0.6 is 0 Å². The molecule has 35 heavy (non-hydrogen) atoms. The average molecular weight is 481 g/mol. The first-order valence-electron chi connectivity index (χ1n) is 12.6. The van der Waals surface area contributed by atoms with Gasteiger partial charge in [-0.3, -0.25) is 9.59 Å². The molecule has 2 heterocycles. The molecular weight excluding hydrogens is 444 g/mol. The van der Waals surface area contributed by atoms with Gasteiger partial charge in [-0.15, -0.1) is 0 Å². The molecule has 0 saturated carbocycles. The third-order valence-corrected chi connectivity index (χ3v) is 6.16. The summed E-state index contributed by atoms with van der Waals surface area (Å²) in [6, 6.07) is 9.31. The van der Waals surface area contributed by atoms with Crippen molar-refractivity contribution in [2.75, 3.05) is 26.2 Å². The molecule has 8 heteroatoms. The van der Waals surface area contributed by atoms with Gasteiger partial charge in [0.15, 0.2) is 5.82 Å². The zero-order chi connectivity index (χ0) is 25.4. The largest absolute Gasteiger partial charge is 0.462 e. The number of rotatable bonds is 9. The normalized spacial score (nSPS) is 15.7. The Morgan fingerprint density at radius 2 is 1.77 bits per heavy atom. The molecule has 1 aromatic heterocycles. The van der Waals surface area contributed by atoms with Gasteiger partial charge in [0.25, 0.3) is 5.91 Å². The number of carbonyl (C=O) groups is 3. The number of benzene rings is 1. The van der Waals surface area contributed by atoms with Crippen LogP contribution in [-0.4, -0.2) is 69.8 Å². The molecule has 2 aromatic rings. The Kier molecular flexibility index (Phi) is 9.34. The molecular formula is C27H36N4O4. The second-order valence-electron chi connectivity index (χ2n) is 8.84. The summed E-state index contributed by atoms with van der Waals surface area (Å²) in [6.07, 6.45) is 3.62. The highest BCUT2D eigenvalue weighted by atomic mass is 16.5. The van der Waals surface area contributed by atoms with E-state index in [1.807, 2.05) is 49.1 Å². The average Bonchev–Trinajstić information content (AvgIpc) is 2.87. The number of unbranched alkanes of at least 4 members (excludes halogenated alkanes) is 1. The molecule has 1 fully saturated rings. The number of amides is 2. The van der Waals surface area contributed by atoms with E-state index in [1.165, 1.54) is 0 Å². The first kappa shape index (κ1) is 26.3. The van der Waals surface area contributed by atoms with E-state index in [-0.39, 0.29) is 35.7 Å². The van der Waals surface area contributed by atoms with Crippen molar-refractivity contribution in [3.8, 4) is 11.4 Å². The number of esters is 1. The minimum atomic E-state index is -0.583. The summed E-state index contributed by atoms with van der Waals surface area (Å²) in [5.41, 5.74) is 1.50. The van der Waals surface area contributed by atoms with Crippen molar-refractivity contribution in [3.63, 3.8) is 0 Å². The summed E-state index contributed by atoms with van der Waals surface area (Å²) in [7, 11) is 0. The molecule has 0 spiro atoms. The lowest BCUT2D eigenvalue weighted by Crippen LogP contribution is -2.55. The van der Waals surface area contributed by atoms with E-state index in [2.05, 4.69) is 16.9 Å². The minimum absolute atomic E-state index is 0.0683. The zero-order valence-electron chi connectivity index (χ0n) is 21.2. The van der Waals surface area contributed by atoms with Gasteiger partial charge < -0.3 is 14.5 Å². The van der Waals surface area contributed by atoms with Crippen LogP contribution in [0.5, 0.6) is 0 Å². The first-order chi connectivity index (χ1) is 16.9. The predicted molar refractivity (Wildman–Crippen MR) is 134 cm³/mol. The lowest BCUT2D eigenvalue weighted by atomic mass is 10.0. The quantitative estimate of drug-likeness (QED) is 0.501. The fourth-order valence-corrected chi connectivity index (χ4v) is 4.35. The topological polar surface area (TPSA) is 92.7 Å². The van der Waals surface area contributed by atoms with Crippen molar-refractivity contribution >= 4 is 17.8 Å². The molecule has 0 bridgehead atoms. The fourth-order valence-electron chi connectivity index (χ4n) is 4.35. The third-order valence-electron chi connectivity index (χ3n) is 6.16. The second-order valence-corrected chi connectivity index (χ2v) is 8.84. The van der Waals surface area contributed by atoms with E-state index in [1.54, 1.807) is 11.8 Å². The van der Waals surface area contributed by atoms with Crippen molar-refractivity contribution in [3.05, 3.63) is 47.3 Å². The molecule has 1 aliphatic rings. The number of piperazine rings is 1. The van der Waals surface area contributed by atoms with E-state index >= 15 is 0 Å². The molecule has 1 aromatic carbocycles. The van der Waals surface area contributed by atoms with Gasteiger partial charge in [0.05, 0.1) is 12.3 Å². The summed E-state index contributed by atoms with van der Waals surface area (Å²) in [5.74, 6) is -0.387. The number of nitrogens with zero attached hydrogens (tertiary/aromatic N) is 4. The Morgan fingerprint density at radius 1 is 1.03 bits per heavy atom. The van der Waals surface area contributed by atoms with Gasteiger partial charge in [-0.25, -0.2) is 14.8 Å². The Balaban J connectivity index is 1.98. The predicted octanol–water partition coefficient (Wildman–Crippen LogP) is 4.14. The van der Waals surface area contributed by atoms with Crippen LogP contribution in [0.25, 0.3) is 11.4 Å². The van der Waals surface area contributed by atoms with Crippen LogP contribution in [0.15, 0.2) is 30.3 Å². The Morgan fingerprint density at radius 3 is 2.40 bits per heavy atom. The molecule has 1 unspecified atom stereocenters. The van der Waals surface area contributed by atoms with Gasteiger partial charge in [-0.1, -0.05) is 57.0 Å². The maximum Gasteiger partial charge on any atom is 0.342 e. The molecule has 2 amide bonds. The number of carbonyl (C=O) groups excluding carboxylic acids is 3. The molecule has 1 atom stereocenters. The molecule has 0 radical (unpaired) electrons. The number of hydrogen-bond acceptors (Lipinski definition) is 6. The number of ether oxygens (including phenoxy) is 1. The van der Waals surface area contributed by atoms with Crippen molar-refractivity contribution < 1.29 is 19.1 Å². The smallest absolute Gasteiger partial charge is 0.342 e. The molecule has 1 aliphatic heterocycles. The third kappa shape index (κ3) is 6.24. The number of hydrogen-bond donors (Lipinski definition) is 0. The maximum atomic E-state index is 13.8. The van der Waals surface area contributed by atoms with Gasteiger partial charge in [-0.05, 0) is 26.7 Å². The van der Waals surface area contributed by atoms with Crippen LogP contribution in [0.1, 0.15) is 79.9 Å². The molecule has 8 nitrogen and oxygen atoms in total. The molecule has 188 valence electrons. The summed E-state index contributed by atoms with van der Waals surface area (Å²) in [5, 5.41) is 0. The lowest BCUT2D eigenvalue weighted by Gasteiger charge is -2.40. The second kappa shape index (κ2) is 12.4. The Hall–Kier alpha value is -3.29. The molecule has 0 aliphatic carbocycles. The van der Waals surface area contributed by atoms with Gasteiger partial charge in [-0.2, -0.15) is 0 Å². The Bertz CT molecular complexity index is 1040. The van der Waals surface area contributed by atoms with Crippen LogP contribution in [0, 0.1) is 0 Å². The molecule has 1 saturated heterocycles. The van der Waals surface area contributed by atoms with Gasteiger partial charge in [0.1, 0.15) is 11.3 Å². The number of aromatic nitrogens is 2. The van der Waals surface area contributed by atoms with E-state index in [0.717, 1.165) is 24.8 Å². The highest BCUT2D eigenvalue weighted by Crippen LogP contribution is 2.24. The lowest BCUT2D eigenvalue weighted by molar-refractivity contribution is -0.135. The van der Waals surface area contributed by atoms with Crippen LogP contribution in [-0.2, 0) is 16.0 Å². The van der Waals surface area contributed by atoms with Crippen molar-refractivity contribution in [1.29, 1.82) is 0 Å². The zero-order valence-corrected chi connectivity index (χ0v) is 21.2. The van der Waals surface area contributed by atoms with Crippen LogP contribution in [0.4, 0.5) is 0 Å². The number of aryl methyl sites for hydroxylation is 1. The highest BCUT2D eigenvalue weighted by molar-refractivity contribution is 6.05. The van der Waals surface area contributed by atoms with Crippen molar-refractivity contribution in [2.45, 2.75) is 65.8 Å². The van der Waals surface area contributed by atoms with Crippen LogP contribution < -0.4 is 0 Å². The van der Waals surface area contributed by atoms with Gasteiger partial charge in [0.2, 0.25) is 5.91 Å². The Labute approximate surface area is 207 Å². The molecule has 3 rings (SSSR count). The highest BCUT2D eigenvalue weighted by Gasteiger charge is 2.34. The van der Waals surface area contributed by atoms with E-state index in [0.29, 0.717) is 44.0 Å². The maximum absolute atomic E-state index is 13.8. The van der Waals surface area contributed by atoms with Crippen LogP contribution in [0.3, 0.4) is 0 Å². The van der Waals surface area contributed by atoms with Crippen molar-refractivity contribution in [2.24, 2.45) is 0 Å². The summed E-state index contributed by atoms with van der Waals surface area (Å²) >= 11 is 0. The van der Waals surface area contributed by atoms with Gasteiger partial charge in [0, 0.05) is 37.7 Å². The monoisotopic (exact) mass is 480 g/mol. The van der Waals surface area contributed by atoms with E-state index in [4.69, 9.17) is 4.74 Å². The standard InChI is InChI=1S/C27H36N4O4/c1-5-8-15-22(32)31-17-16-30(18-19(31)4)26(33)24-23(27(34)35-7-3)21(12-6-2)28-25(29-24)20-13-10-9-11-14-20/h9-11,13-14,19H,5-8,12,15-18H2,1-4H3. The summed E-state index contributed by atoms with van der Waals surface area (Å²) in [4.78, 5) is 52.2. The summed E-state index contributed by atoms with van der Waals surface area (Å²) < 4.78 is 5.30. The summed E-state index contributed by atoms with van der Waals surface area (Å²) in [6.45, 7) is 9.16. The first-order valence-corrected chi connectivity index (χ1v) is 12.6. The van der Waals surface area contributed by atoms with Crippen LogP contribution in [0.2, 0.25) is 0 Å². The fraction of sp³-hybridized carbons (Fsp3) is 0.519. The van der Waals surface area contributed by atoms with Crippen molar-refractivity contribution in [1.82, 2.24) is 19.8 Å². The van der Waals surface area contributed by atoms with Gasteiger partial charge >= 0.3 is 5.97 Å². The van der Waals surface area contributed by atoms with E-state index in [9.17, 15) is 14.4 Å². The minimum Gasteiger partial charge on any atom is -0.462 e. The van der Waals surface area contributed by atoms with E-state index < -0.39 is 5.97 Å².